The summed E-state index contributed by atoms with van der Waals surface area (Å²) in [7, 11) is 0. The number of halogens is 2. The van der Waals surface area contributed by atoms with E-state index in [1.54, 1.807) is 0 Å². The quantitative estimate of drug-likeness (QED) is 0.858. The van der Waals surface area contributed by atoms with Crippen LogP contribution in [0.2, 0.25) is 10.0 Å². The largest absolute Gasteiger partial charge is 0.393 e. The molecule has 0 amide bonds. The number of likely N-dealkylation sites (tertiary alicyclic amines) is 1. The van der Waals surface area contributed by atoms with Crippen LogP contribution in [0.1, 0.15) is 32.3 Å². The smallest absolute Gasteiger partial charge is 0.0595 e. The first-order valence-corrected chi connectivity index (χ1v) is 8.70. The monoisotopic (exact) mass is 344 g/mol. The maximum absolute atomic E-state index is 10.1. The second kappa shape index (κ2) is 7.98. The van der Waals surface area contributed by atoms with Gasteiger partial charge in [-0.3, -0.25) is 4.90 Å². The van der Waals surface area contributed by atoms with Crippen LogP contribution in [-0.2, 0) is 6.54 Å². The summed E-state index contributed by atoms with van der Waals surface area (Å²) in [4.78, 5) is 2.35. The molecule has 0 bridgehead atoms. The Balaban J connectivity index is 1.97. The van der Waals surface area contributed by atoms with Gasteiger partial charge in [-0.15, -0.1) is 0 Å². The summed E-state index contributed by atoms with van der Waals surface area (Å²) in [5.41, 5.74) is 7.35. The fourth-order valence-corrected chi connectivity index (χ4v) is 3.48. The zero-order valence-electron chi connectivity index (χ0n) is 13.3. The molecule has 0 saturated carbocycles. The number of rotatable bonds is 5. The molecule has 1 saturated heterocycles. The van der Waals surface area contributed by atoms with Gasteiger partial charge in [-0.25, -0.2) is 0 Å². The van der Waals surface area contributed by atoms with Gasteiger partial charge in [-0.05, 0) is 42.4 Å². The second-order valence-corrected chi connectivity index (χ2v) is 7.67. The van der Waals surface area contributed by atoms with Crippen LogP contribution in [-0.4, -0.2) is 35.2 Å². The maximum atomic E-state index is 10.1. The number of nitrogens with zero attached hydrogens (tertiary/aromatic N) is 1. The Morgan fingerprint density at radius 3 is 2.64 bits per heavy atom. The van der Waals surface area contributed by atoms with Gasteiger partial charge in [0.25, 0.3) is 0 Å². The van der Waals surface area contributed by atoms with Gasteiger partial charge in [0.05, 0.1) is 16.1 Å². The van der Waals surface area contributed by atoms with Gasteiger partial charge in [0.15, 0.2) is 0 Å². The summed E-state index contributed by atoms with van der Waals surface area (Å²) in [6.07, 6.45) is 1.56. The summed E-state index contributed by atoms with van der Waals surface area (Å²) >= 11 is 12.0. The second-order valence-electron chi connectivity index (χ2n) is 6.85. The molecule has 1 aliphatic rings. The standard InChI is InChI=1S/C17H26Cl2N2O/c1-11(2)17(22)7-13-5-14(20)10-21(9-13)8-12-3-4-15(18)16(19)6-12/h3-4,6,11,13-14,17,22H,5,7-10,20H2,1-2H3. The lowest BCUT2D eigenvalue weighted by Crippen LogP contribution is -2.47. The van der Waals surface area contributed by atoms with Crippen LogP contribution in [0.4, 0.5) is 0 Å². The van der Waals surface area contributed by atoms with Gasteiger partial charge >= 0.3 is 0 Å². The van der Waals surface area contributed by atoms with Gasteiger partial charge in [0.1, 0.15) is 0 Å². The lowest BCUT2D eigenvalue weighted by molar-refractivity contribution is 0.0642. The number of nitrogens with two attached hydrogens (primary N) is 1. The van der Waals surface area contributed by atoms with Crippen molar-refractivity contribution >= 4 is 23.2 Å². The lowest BCUT2D eigenvalue weighted by atomic mass is 9.87. The first kappa shape index (κ1) is 18.0. The Labute approximate surface area is 143 Å². The van der Waals surface area contributed by atoms with Crippen molar-refractivity contribution in [2.24, 2.45) is 17.6 Å². The molecule has 1 heterocycles. The van der Waals surface area contributed by atoms with E-state index in [1.165, 1.54) is 0 Å². The Morgan fingerprint density at radius 1 is 1.27 bits per heavy atom. The van der Waals surface area contributed by atoms with Gasteiger partial charge in [-0.2, -0.15) is 0 Å². The van der Waals surface area contributed by atoms with Crippen molar-refractivity contribution in [3.63, 3.8) is 0 Å². The van der Waals surface area contributed by atoms with E-state index in [-0.39, 0.29) is 12.1 Å². The minimum Gasteiger partial charge on any atom is -0.393 e. The number of benzene rings is 1. The fourth-order valence-electron chi connectivity index (χ4n) is 3.16. The predicted molar refractivity (Wildman–Crippen MR) is 93.3 cm³/mol. The van der Waals surface area contributed by atoms with E-state index < -0.39 is 0 Å². The van der Waals surface area contributed by atoms with E-state index in [0.29, 0.717) is 21.9 Å². The molecule has 3 atom stereocenters. The normalized spacial score (nSPS) is 24.7. The Morgan fingerprint density at radius 2 is 2.00 bits per heavy atom. The number of aliphatic hydroxyl groups is 1. The SMILES string of the molecule is CC(C)C(O)CC1CC(N)CN(Cc2ccc(Cl)c(Cl)c2)C1. The molecule has 2 rings (SSSR count). The highest BCUT2D eigenvalue weighted by atomic mass is 35.5. The van der Waals surface area contributed by atoms with Crippen LogP contribution in [0.5, 0.6) is 0 Å². The van der Waals surface area contributed by atoms with E-state index in [1.807, 2.05) is 18.2 Å². The summed E-state index contributed by atoms with van der Waals surface area (Å²) in [5, 5.41) is 11.3. The van der Waals surface area contributed by atoms with Crippen LogP contribution in [0, 0.1) is 11.8 Å². The average Bonchev–Trinajstić information content (AvgIpc) is 2.42. The topological polar surface area (TPSA) is 49.5 Å². The Bertz CT molecular complexity index is 496. The van der Waals surface area contributed by atoms with E-state index >= 15 is 0 Å². The number of aliphatic hydroxyl groups excluding tert-OH is 1. The highest BCUT2D eigenvalue weighted by Gasteiger charge is 2.27. The lowest BCUT2D eigenvalue weighted by Gasteiger charge is -2.37. The van der Waals surface area contributed by atoms with Crippen molar-refractivity contribution in [3.8, 4) is 0 Å². The summed E-state index contributed by atoms with van der Waals surface area (Å²) < 4.78 is 0. The first-order valence-electron chi connectivity index (χ1n) is 7.95. The third kappa shape index (κ3) is 5.10. The zero-order chi connectivity index (χ0) is 16.3. The first-order chi connectivity index (χ1) is 10.3. The molecule has 0 radical (unpaired) electrons. The molecule has 0 aromatic heterocycles. The molecule has 1 aromatic rings. The van der Waals surface area contributed by atoms with Gasteiger partial charge in [-0.1, -0.05) is 43.1 Å². The van der Waals surface area contributed by atoms with Crippen molar-refractivity contribution in [1.82, 2.24) is 4.90 Å². The molecule has 3 unspecified atom stereocenters. The van der Waals surface area contributed by atoms with Crippen molar-refractivity contribution in [2.75, 3.05) is 13.1 Å². The van der Waals surface area contributed by atoms with E-state index in [0.717, 1.165) is 38.0 Å². The summed E-state index contributed by atoms with van der Waals surface area (Å²) in [6, 6.07) is 5.93. The van der Waals surface area contributed by atoms with Crippen molar-refractivity contribution < 1.29 is 5.11 Å². The van der Waals surface area contributed by atoms with E-state index in [9.17, 15) is 5.11 Å². The summed E-state index contributed by atoms with van der Waals surface area (Å²) in [5.74, 6) is 0.741. The van der Waals surface area contributed by atoms with E-state index in [2.05, 4.69) is 18.7 Å². The molecule has 3 nitrogen and oxygen atoms in total. The van der Waals surface area contributed by atoms with Crippen LogP contribution >= 0.6 is 23.2 Å². The minimum absolute atomic E-state index is 0.167. The maximum Gasteiger partial charge on any atom is 0.0595 e. The molecule has 3 N–H and O–H groups in total. The zero-order valence-corrected chi connectivity index (χ0v) is 14.8. The number of piperidine rings is 1. The number of hydrogen-bond acceptors (Lipinski definition) is 3. The molecule has 0 spiro atoms. The van der Waals surface area contributed by atoms with Crippen molar-refractivity contribution in [2.45, 2.75) is 45.4 Å². The van der Waals surface area contributed by atoms with Crippen molar-refractivity contribution in [3.05, 3.63) is 33.8 Å². The van der Waals surface area contributed by atoms with Gasteiger partial charge in [0.2, 0.25) is 0 Å². The van der Waals surface area contributed by atoms with Crippen LogP contribution < -0.4 is 5.73 Å². The highest BCUT2D eigenvalue weighted by molar-refractivity contribution is 6.42. The average molecular weight is 345 g/mol. The molecule has 124 valence electrons. The Hall–Kier alpha value is -0.320. The Kier molecular flexibility index (Phi) is 6.54. The molecule has 1 fully saturated rings. The molecular formula is C17H26Cl2N2O. The van der Waals surface area contributed by atoms with E-state index in [4.69, 9.17) is 28.9 Å². The third-order valence-corrected chi connectivity index (χ3v) is 5.12. The molecule has 5 heteroatoms. The van der Waals surface area contributed by atoms with Crippen molar-refractivity contribution in [1.29, 1.82) is 0 Å². The molecule has 0 aliphatic carbocycles. The van der Waals surface area contributed by atoms with Crippen LogP contribution in [0.3, 0.4) is 0 Å². The predicted octanol–water partition coefficient (Wildman–Crippen LogP) is 3.55. The van der Waals surface area contributed by atoms with Gasteiger partial charge < -0.3 is 10.8 Å². The van der Waals surface area contributed by atoms with Crippen LogP contribution in [0.25, 0.3) is 0 Å². The summed E-state index contributed by atoms with van der Waals surface area (Å²) in [6.45, 7) is 6.78. The molecular weight excluding hydrogens is 319 g/mol. The molecule has 1 aromatic carbocycles. The highest BCUT2D eigenvalue weighted by Crippen LogP contribution is 2.26. The molecule has 1 aliphatic heterocycles. The third-order valence-electron chi connectivity index (χ3n) is 4.38. The number of hydrogen-bond donors (Lipinski definition) is 2. The fraction of sp³-hybridized carbons (Fsp3) is 0.647. The van der Waals surface area contributed by atoms with Crippen LogP contribution in [0.15, 0.2) is 18.2 Å². The molecule has 22 heavy (non-hydrogen) atoms. The minimum atomic E-state index is -0.248. The van der Waals surface area contributed by atoms with Gasteiger partial charge in [0, 0.05) is 25.7 Å².